The second kappa shape index (κ2) is 3.15. The summed E-state index contributed by atoms with van der Waals surface area (Å²) in [5.74, 6) is 0. The quantitative estimate of drug-likeness (QED) is 0.567. The van der Waals surface area contributed by atoms with E-state index in [-0.39, 0.29) is 0 Å². The zero-order chi connectivity index (χ0) is 8.27. The third-order valence-corrected chi connectivity index (χ3v) is 1.52. The Morgan fingerprint density at radius 2 is 2.18 bits per heavy atom. The molecule has 1 heteroatoms. The minimum atomic E-state index is 0.894. The highest BCUT2D eigenvalue weighted by atomic mass is 14.7. The largest absolute Gasteiger partial charge is 0.265 e. The van der Waals surface area contributed by atoms with E-state index in [0.717, 1.165) is 16.8 Å². The van der Waals surface area contributed by atoms with Crippen LogP contribution in [0.2, 0.25) is 0 Å². The fourth-order valence-electron chi connectivity index (χ4n) is 0.870. The fourth-order valence-corrected chi connectivity index (χ4v) is 0.870. The summed E-state index contributed by atoms with van der Waals surface area (Å²) in [6, 6.07) is 7.85. The van der Waals surface area contributed by atoms with Crippen LogP contribution in [0.25, 0.3) is 5.57 Å². The number of benzene rings is 1. The Hall–Kier alpha value is -1.37. The van der Waals surface area contributed by atoms with Crippen molar-refractivity contribution >= 4 is 18.0 Å². The van der Waals surface area contributed by atoms with Crippen molar-refractivity contribution in [2.75, 3.05) is 0 Å². The maximum absolute atomic E-state index is 3.84. The van der Waals surface area contributed by atoms with Gasteiger partial charge in [-0.25, -0.2) is 0 Å². The molecule has 0 amide bonds. The maximum atomic E-state index is 3.84. The monoisotopic (exact) mass is 145 g/mol. The Morgan fingerprint density at radius 1 is 1.45 bits per heavy atom. The number of nitrogens with zero attached hydrogens (tertiary/aromatic N) is 1. The van der Waals surface area contributed by atoms with E-state index in [2.05, 4.69) is 18.3 Å². The first kappa shape index (κ1) is 7.73. The Balaban J connectivity index is 3.10. The van der Waals surface area contributed by atoms with Gasteiger partial charge in [0.2, 0.25) is 0 Å². The lowest BCUT2D eigenvalue weighted by atomic mass is 10.1. The number of hydrogen-bond donors (Lipinski definition) is 0. The molecule has 0 atom stereocenters. The molecule has 0 saturated carbocycles. The van der Waals surface area contributed by atoms with Gasteiger partial charge in [0.15, 0.2) is 0 Å². The average molecular weight is 145 g/mol. The van der Waals surface area contributed by atoms with Gasteiger partial charge >= 0.3 is 0 Å². The molecule has 0 fully saturated rings. The van der Waals surface area contributed by atoms with Crippen LogP contribution in [0, 0.1) is 0 Å². The van der Waals surface area contributed by atoms with Gasteiger partial charge in [-0.2, -0.15) is 0 Å². The smallest absolute Gasteiger partial charge is 0.0628 e. The van der Waals surface area contributed by atoms with Crippen molar-refractivity contribution in [1.29, 1.82) is 0 Å². The third kappa shape index (κ3) is 1.77. The average Bonchev–Trinajstić information content (AvgIpc) is 2.05. The summed E-state index contributed by atoms with van der Waals surface area (Å²) in [4.78, 5) is 3.82. The van der Waals surface area contributed by atoms with Crippen molar-refractivity contribution in [2.24, 2.45) is 4.99 Å². The summed E-state index contributed by atoms with van der Waals surface area (Å²) < 4.78 is 0. The van der Waals surface area contributed by atoms with Crippen LogP contribution in [0.5, 0.6) is 0 Å². The van der Waals surface area contributed by atoms with Gasteiger partial charge < -0.3 is 0 Å². The molecule has 0 bridgehead atoms. The Bertz CT molecular complexity index is 287. The highest BCUT2D eigenvalue weighted by Gasteiger charge is 1.92. The predicted octanol–water partition coefficient (Wildman–Crippen LogP) is 3.05. The van der Waals surface area contributed by atoms with Crippen LogP contribution < -0.4 is 0 Å². The molecule has 56 valence electrons. The highest BCUT2D eigenvalue weighted by molar-refractivity contribution is 5.65. The van der Waals surface area contributed by atoms with E-state index in [0.29, 0.717) is 0 Å². The zero-order valence-corrected chi connectivity index (χ0v) is 6.67. The summed E-state index contributed by atoms with van der Waals surface area (Å²) in [5, 5.41) is 0. The molecule has 0 radical (unpaired) electrons. The summed E-state index contributed by atoms with van der Waals surface area (Å²) in [6.45, 7) is 9.26. The van der Waals surface area contributed by atoms with Gasteiger partial charge in [0, 0.05) is 0 Å². The molecule has 1 aromatic carbocycles. The van der Waals surface area contributed by atoms with Crippen molar-refractivity contribution in [3.05, 3.63) is 36.4 Å². The molecule has 0 spiro atoms. The van der Waals surface area contributed by atoms with E-state index in [4.69, 9.17) is 0 Å². The second-order valence-corrected chi connectivity index (χ2v) is 2.49. The lowest BCUT2D eigenvalue weighted by Crippen LogP contribution is -1.75. The van der Waals surface area contributed by atoms with Gasteiger partial charge in [0.1, 0.15) is 0 Å². The maximum Gasteiger partial charge on any atom is 0.0628 e. The van der Waals surface area contributed by atoms with E-state index in [1.54, 1.807) is 0 Å². The summed E-state index contributed by atoms with van der Waals surface area (Å²) in [5.41, 5.74) is 3.07. The Kier molecular flexibility index (Phi) is 2.21. The van der Waals surface area contributed by atoms with Crippen molar-refractivity contribution in [2.45, 2.75) is 6.92 Å². The molecule has 0 aliphatic carbocycles. The molecule has 0 N–H and O–H groups in total. The van der Waals surface area contributed by atoms with Gasteiger partial charge in [-0.3, -0.25) is 4.99 Å². The summed E-state index contributed by atoms with van der Waals surface area (Å²) in [6.07, 6.45) is 0. The molecular weight excluding hydrogens is 134 g/mol. The van der Waals surface area contributed by atoms with Crippen LogP contribution >= 0.6 is 0 Å². The SMILES string of the molecule is C=Nc1cccc(C(=C)C)c1. The van der Waals surface area contributed by atoms with E-state index in [9.17, 15) is 0 Å². The Labute approximate surface area is 67.1 Å². The van der Waals surface area contributed by atoms with Gasteiger partial charge in [-0.05, 0) is 31.3 Å². The van der Waals surface area contributed by atoms with Crippen LogP contribution in [-0.2, 0) is 0 Å². The number of allylic oxidation sites excluding steroid dienone is 1. The van der Waals surface area contributed by atoms with Gasteiger partial charge in [-0.15, -0.1) is 0 Å². The van der Waals surface area contributed by atoms with Crippen LogP contribution in [0.1, 0.15) is 12.5 Å². The van der Waals surface area contributed by atoms with Crippen molar-refractivity contribution < 1.29 is 0 Å². The zero-order valence-electron chi connectivity index (χ0n) is 6.67. The summed E-state index contributed by atoms with van der Waals surface area (Å²) >= 11 is 0. The van der Waals surface area contributed by atoms with Crippen LogP contribution in [-0.4, -0.2) is 6.72 Å². The van der Waals surface area contributed by atoms with Gasteiger partial charge in [-0.1, -0.05) is 24.3 Å². The topological polar surface area (TPSA) is 12.4 Å². The van der Waals surface area contributed by atoms with E-state index in [1.165, 1.54) is 0 Å². The molecule has 1 nitrogen and oxygen atoms in total. The Morgan fingerprint density at radius 3 is 2.73 bits per heavy atom. The summed E-state index contributed by atoms with van der Waals surface area (Å²) in [7, 11) is 0. The molecule has 0 heterocycles. The van der Waals surface area contributed by atoms with Crippen molar-refractivity contribution in [3.63, 3.8) is 0 Å². The third-order valence-electron chi connectivity index (χ3n) is 1.52. The van der Waals surface area contributed by atoms with Crippen LogP contribution in [0.3, 0.4) is 0 Å². The number of hydrogen-bond acceptors (Lipinski definition) is 1. The molecule has 0 unspecified atom stereocenters. The van der Waals surface area contributed by atoms with Crippen molar-refractivity contribution in [1.82, 2.24) is 0 Å². The van der Waals surface area contributed by atoms with E-state index >= 15 is 0 Å². The van der Waals surface area contributed by atoms with Gasteiger partial charge in [0.05, 0.1) is 5.69 Å². The lowest BCUT2D eigenvalue weighted by molar-refractivity contribution is 1.51. The van der Waals surface area contributed by atoms with Crippen LogP contribution in [0.15, 0.2) is 35.8 Å². The first-order chi connectivity index (χ1) is 5.24. The fraction of sp³-hybridized carbons (Fsp3) is 0.100. The van der Waals surface area contributed by atoms with Crippen molar-refractivity contribution in [3.8, 4) is 0 Å². The predicted molar refractivity (Wildman–Crippen MR) is 50.4 cm³/mol. The van der Waals surface area contributed by atoms with Gasteiger partial charge in [0.25, 0.3) is 0 Å². The molecule has 1 aromatic rings. The number of aliphatic imine (C=N–C) groups is 1. The number of rotatable bonds is 2. The molecule has 1 rings (SSSR count). The second-order valence-electron chi connectivity index (χ2n) is 2.49. The molecule has 0 saturated heterocycles. The molecule has 11 heavy (non-hydrogen) atoms. The molecular formula is C10H11N. The first-order valence-electron chi connectivity index (χ1n) is 3.46. The van der Waals surface area contributed by atoms with E-state index in [1.807, 2.05) is 31.2 Å². The van der Waals surface area contributed by atoms with Crippen LogP contribution in [0.4, 0.5) is 5.69 Å². The highest BCUT2D eigenvalue weighted by Crippen LogP contribution is 2.17. The normalized spacial score (nSPS) is 9.18. The first-order valence-corrected chi connectivity index (χ1v) is 3.46. The lowest BCUT2D eigenvalue weighted by Gasteiger charge is -1.99. The molecule has 0 aromatic heterocycles. The standard InChI is InChI=1S/C10H11N/c1-8(2)9-5-4-6-10(7-9)11-3/h4-7H,1,3H2,2H3. The molecule has 0 aliphatic heterocycles. The minimum Gasteiger partial charge on any atom is -0.265 e. The minimum absolute atomic E-state index is 0.894. The van der Waals surface area contributed by atoms with E-state index < -0.39 is 0 Å². The molecule has 0 aliphatic rings.